The molecule has 1 aliphatic rings. The van der Waals surface area contributed by atoms with Crippen molar-refractivity contribution in [1.29, 1.82) is 0 Å². The lowest BCUT2D eigenvalue weighted by atomic mass is 10.1. The molecule has 4 heteroatoms. The molecule has 2 heterocycles. The molecule has 2 aromatic carbocycles. The lowest BCUT2D eigenvalue weighted by Crippen LogP contribution is -2.35. The third-order valence-electron chi connectivity index (χ3n) is 4.67. The Morgan fingerprint density at radius 1 is 0.958 bits per heavy atom. The van der Waals surface area contributed by atoms with Crippen LogP contribution in [0.3, 0.4) is 0 Å². The van der Waals surface area contributed by atoms with E-state index in [-0.39, 0.29) is 12.5 Å². The van der Waals surface area contributed by atoms with E-state index < -0.39 is 0 Å². The zero-order valence-electron chi connectivity index (χ0n) is 13.7. The Labute approximate surface area is 141 Å². The minimum Gasteiger partial charge on any atom is -0.484 e. The van der Waals surface area contributed by atoms with Gasteiger partial charge in [-0.05, 0) is 37.1 Å². The van der Waals surface area contributed by atoms with Crippen LogP contribution in [0.15, 0.2) is 46.9 Å². The van der Waals surface area contributed by atoms with Crippen LogP contribution in [0.1, 0.15) is 25.7 Å². The van der Waals surface area contributed by atoms with Crippen LogP contribution < -0.4 is 4.74 Å². The van der Waals surface area contributed by atoms with Crippen LogP contribution in [0.5, 0.6) is 5.75 Å². The molecular weight excluding hydrogens is 302 g/mol. The van der Waals surface area contributed by atoms with Crippen molar-refractivity contribution >= 4 is 27.8 Å². The van der Waals surface area contributed by atoms with Gasteiger partial charge in [0.25, 0.3) is 5.91 Å². The summed E-state index contributed by atoms with van der Waals surface area (Å²) >= 11 is 0. The van der Waals surface area contributed by atoms with Crippen LogP contribution in [-0.4, -0.2) is 30.5 Å². The van der Waals surface area contributed by atoms with Gasteiger partial charge in [0, 0.05) is 23.9 Å². The number of rotatable bonds is 3. The van der Waals surface area contributed by atoms with Gasteiger partial charge in [-0.15, -0.1) is 0 Å². The molecule has 1 saturated heterocycles. The van der Waals surface area contributed by atoms with E-state index in [1.165, 1.54) is 12.8 Å². The number of fused-ring (bicyclic) bond motifs is 3. The molecule has 4 rings (SSSR count). The number of likely N-dealkylation sites (tertiary alicyclic amines) is 1. The number of benzene rings is 2. The number of nitrogens with zero attached hydrogens (tertiary/aromatic N) is 1. The molecule has 0 radical (unpaired) electrons. The Kier molecular flexibility index (Phi) is 4.11. The molecule has 24 heavy (non-hydrogen) atoms. The van der Waals surface area contributed by atoms with E-state index in [1.807, 2.05) is 47.4 Å². The minimum absolute atomic E-state index is 0.0778. The molecular formula is C20H21NO3. The second-order valence-corrected chi connectivity index (χ2v) is 6.34. The highest BCUT2D eigenvalue weighted by Crippen LogP contribution is 2.31. The van der Waals surface area contributed by atoms with E-state index in [1.54, 1.807) is 0 Å². The smallest absolute Gasteiger partial charge is 0.260 e. The standard InChI is InChI=1S/C20H21NO3/c22-20(21-11-5-1-2-6-12-21)14-23-15-9-10-19-17(13-15)16-7-3-4-8-18(16)24-19/h3-4,7-10,13H,1-2,5-6,11-12,14H2. The topological polar surface area (TPSA) is 42.7 Å². The SMILES string of the molecule is O=C(COc1ccc2oc3ccccc3c2c1)N1CCCCCC1. The molecule has 0 atom stereocenters. The van der Waals surface area contributed by atoms with Gasteiger partial charge in [-0.1, -0.05) is 31.0 Å². The minimum atomic E-state index is 0.0778. The summed E-state index contributed by atoms with van der Waals surface area (Å²) in [6, 6.07) is 13.7. The maximum Gasteiger partial charge on any atom is 0.260 e. The fourth-order valence-electron chi connectivity index (χ4n) is 3.35. The van der Waals surface area contributed by atoms with Crippen molar-refractivity contribution < 1.29 is 13.9 Å². The monoisotopic (exact) mass is 323 g/mol. The third kappa shape index (κ3) is 2.96. The lowest BCUT2D eigenvalue weighted by Gasteiger charge is -2.20. The number of para-hydroxylation sites is 1. The zero-order chi connectivity index (χ0) is 16.4. The maximum absolute atomic E-state index is 12.3. The highest BCUT2D eigenvalue weighted by Gasteiger charge is 2.16. The van der Waals surface area contributed by atoms with Crippen molar-refractivity contribution in [2.24, 2.45) is 0 Å². The highest BCUT2D eigenvalue weighted by molar-refractivity contribution is 6.05. The van der Waals surface area contributed by atoms with Crippen molar-refractivity contribution in [2.75, 3.05) is 19.7 Å². The first-order chi connectivity index (χ1) is 11.8. The largest absolute Gasteiger partial charge is 0.484 e. The van der Waals surface area contributed by atoms with E-state index >= 15 is 0 Å². The van der Waals surface area contributed by atoms with Gasteiger partial charge in [-0.3, -0.25) is 4.79 Å². The van der Waals surface area contributed by atoms with E-state index in [9.17, 15) is 4.79 Å². The summed E-state index contributed by atoms with van der Waals surface area (Å²) in [5.74, 6) is 0.784. The normalized spacial score (nSPS) is 15.6. The number of ether oxygens (including phenoxy) is 1. The molecule has 3 aromatic rings. The van der Waals surface area contributed by atoms with Crippen LogP contribution in [-0.2, 0) is 4.79 Å². The summed E-state index contributed by atoms with van der Waals surface area (Å²) in [4.78, 5) is 14.3. The van der Waals surface area contributed by atoms with Crippen molar-refractivity contribution in [3.8, 4) is 5.75 Å². The summed E-state index contributed by atoms with van der Waals surface area (Å²) in [6.45, 7) is 1.81. The van der Waals surface area contributed by atoms with Gasteiger partial charge in [0.2, 0.25) is 0 Å². The lowest BCUT2D eigenvalue weighted by molar-refractivity contribution is -0.133. The number of hydrogen-bond acceptors (Lipinski definition) is 3. The summed E-state index contributed by atoms with van der Waals surface area (Å²) in [7, 11) is 0. The first kappa shape index (κ1) is 15.1. The van der Waals surface area contributed by atoms with E-state index in [4.69, 9.17) is 9.15 Å². The molecule has 1 amide bonds. The maximum atomic E-state index is 12.3. The fourth-order valence-corrected chi connectivity index (χ4v) is 3.35. The van der Waals surface area contributed by atoms with Gasteiger partial charge in [-0.25, -0.2) is 0 Å². The summed E-state index contributed by atoms with van der Waals surface area (Å²) in [5, 5.41) is 2.09. The molecule has 0 spiro atoms. The van der Waals surface area contributed by atoms with Gasteiger partial charge < -0.3 is 14.1 Å². The molecule has 1 aromatic heterocycles. The van der Waals surface area contributed by atoms with Crippen LogP contribution in [0.2, 0.25) is 0 Å². The van der Waals surface area contributed by atoms with Crippen LogP contribution in [0.4, 0.5) is 0 Å². The van der Waals surface area contributed by atoms with Crippen molar-refractivity contribution in [1.82, 2.24) is 4.90 Å². The summed E-state index contributed by atoms with van der Waals surface area (Å²) < 4.78 is 11.6. The Bertz CT molecular complexity index is 860. The molecule has 124 valence electrons. The molecule has 0 bridgehead atoms. The summed E-state index contributed by atoms with van der Waals surface area (Å²) in [6.07, 6.45) is 4.63. The number of furan rings is 1. The molecule has 1 aliphatic heterocycles. The predicted molar refractivity (Wildman–Crippen MR) is 94.3 cm³/mol. The molecule has 0 saturated carbocycles. The molecule has 1 fully saturated rings. The van der Waals surface area contributed by atoms with Gasteiger partial charge in [0.05, 0.1) is 0 Å². The van der Waals surface area contributed by atoms with Gasteiger partial charge >= 0.3 is 0 Å². The van der Waals surface area contributed by atoms with Gasteiger partial charge in [-0.2, -0.15) is 0 Å². The van der Waals surface area contributed by atoms with Crippen LogP contribution >= 0.6 is 0 Å². The molecule has 0 N–H and O–H groups in total. The van der Waals surface area contributed by atoms with E-state index in [0.29, 0.717) is 5.75 Å². The Hall–Kier alpha value is -2.49. The third-order valence-corrected chi connectivity index (χ3v) is 4.67. The van der Waals surface area contributed by atoms with Crippen molar-refractivity contribution in [3.63, 3.8) is 0 Å². The molecule has 0 aliphatic carbocycles. The second-order valence-electron chi connectivity index (χ2n) is 6.34. The average Bonchev–Trinajstić information content (AvgIpc) is 2.79. The Balaban J connectivity index is 1.50. The second kappa shape index (κ2) is 6.56. The van der Waals surface area contributed by atoms with Crippen molar-refractivity contribution in [3.05, 3.63) is 42.5 Å². The average molecular weight is 323 g/mol. The summed E-state index contributed by atoms with van der Waals surface area (Å²) in [5.41, 5.74) is 1.70. The first-order valence-electron chi connectivity index (χ1n) is 8.63. The fraction of sp³-hybridized carbons (Fsp3) is 0.350. The van der Waals surface area contributed by atoms with Crippen molar-refractivity contribution in [2.45, 2.75) is 25.7 Å². The molecule has 4 nitrogen and oxygen atoms in total. The highest BCUT2D eigenvalue weighted by atomic mass is 16.5. The van der Waals surface area contributed by atoms with Crippen LogP contribution in [0, 0.1) is 0 Å². The van der Waals surface area contributed by atoms with E-state index in [2.05, 4.69) is 0 Å². The Morgan fingerprint density at radius 2 is 1.71 bits per heavy atom. The van der Waals surface area contributed by atoms with Gasteiger partial charge in [0.1, 0.15) is 16.9 Å². The van der Waals surface area contributed by atoms with Crippen LogP contribution in [0.25, 0.3) is 21.9 Å². The number of hydrogen-bond donors (Lipinski definition) is 0. The van der Waals surface area contributed by atoms with Gasteiger partial charge in [0.15, 0.2) is 6.61 Å². The zero-order valence-corrected chi connectivity index (χ0v) is 13.7. The predicted octanol–water partition coefficient (Wildman–Crippen LogP) is 4.37. The number of amides is 1. The number of carbonyl (C=O) groups excluding carboxylic acids is 1. The first-order valence-corrected chi connectivity index (χ1v) is 8.63. The van der Waals surface area contributed by atoms with E-state index in [0.717, 1.165) is 47.9 Å². The number of carbonyl (C=O) groups is 1. The molecule has 0 unspecified atom stereocenters. The Morgan fingerprint density at radius 3 is 2.54 bits per heavy atom. The quantitative estimate of drug-likeness (QED) is 0.719.